The Morgan fingerprint density at radius 2 is 1.97 bits per heavy atom. The van der Waals surface area contributed by atoms with Crippen molar-refractivity contribution in [1.82, 2.24) is 15.1 Å². The number of methoxy groups -OCH3 is 1. The molecule has 0 radical (unpaired) electrons. The molecule has 37 heavy (non-hydrogen) atoms. The molecule has 2 aromatic carbocycles. The zero-order chi connectivity index (χ0) is 26.7. The van der Waals surface area contributed by atoms with E-state index in [2.05, 4.69) is 31.0 Å². The summed E-state index contributed by atoms with van der Waals surface area (Å²) in [6.45, 7) is 9.50. The first-order valence-corrected chi connectivity index (χ1v) is 13.3. The third-order valence-electron chi connectivity index (χ3n) is 6.85. The highest BCUT2D eigenvalue weighted by Crippen LogP contribution is 2.46. The fourth-order valence-electron chi connectivity index (χ4n) is 4.75. The van der Waals surface area contributed by atoms with E-state index in [1.54, 1.807) is 19.2 Å². The highest BCUT2D eigenvalue weighted by Gasteiger charge is 2.42. The van der Waals surface area contributed by atoms with E-state index < -0.39 is 6.04 Å². The van der Waals surface area contributed by atoms with Crippen LogP contribution in [-0.4, -0.2) is 46.4 Å². The van der Waals surface area contributed by atoms with E-state index in [1.165, 1.54) is 0 Å². The molecule has 1 atom stereocenters. The number of unbranched alkanes of at least 4 members (excludes halogenated alkanes) is 2. The van der Waals surface area contributed by atoms with Crippen molar-refractivity contribution in [3.8, 4) is 28.5 Å². The SMILES string of the molecule is CCCCCN1C(=O)c2[nH]nc(-c3cc(Cl)c(C)cc3O)c2C1c1ccc(OCCC(C)C)c(OC)c1. The lowest BCUT2D eigenvalue weighted by molar-refractivity contribution is 0.0740. The zero-order valence-corrected chi connectivity index (χ0v) is 23.0. The topological polar surface area (TPSA) is 87.7 Å². The average Bonchev–Trinajstić information content (AvgIpc) is 3.40. The van der Waals surface area contributed by atoms with E-state index in [0.29, 0.717) is 52.5 Å². The lowest BCUT2D eigenvalue weighted by Crippen LogP contribution is -2.30. The third kappa shape index (κ3) is 5.42. The maximum absolute atomic E-state index is 13.6. The van der Waals surface area contributed by atoms with Crippen molar-refractivity contribution in [3.63, 3.8) is 0 Å². The predicted octanol–water partition coefficient (Wildman–Crippen LogP) is 6.91. The summed E-state index contributed by atoms with van der Waals surface area (Å²) in [5.74, 6) is 1.78. The standard InChI is InChI=1S/C29H36ClN3O4/c1-6-7-8-12-33-28(19-9-10-23(24(15-19)36-5)37-13-11-17(2)3)25-26(31-32-27(25)29(33)35)20-16-21(30)18(4)14-22(20)34/h9-10,14-17,28,34H,6-8,11-13H2,1-5H3,(H,31,32). The van der Waals surface area contributed by atoms with Crippen molar-refractivity contribution in [2.75, 3.05) is 20.3 Å². The van der Waals surface area contributed by atoms with Crippen molar-refractivity contribution in [3.05, 3.63) is 57.7 Å². The second-order valence-corrected chi connectivity index (χ2v) is 10.4. The second-order valence-electron chi connectivity index (χ2n) is 10.0. The van der Waals surface area contributed by atoms with Gasteiger partial charge in [0.05, 0.1) is 19.8 Å². The molecule has 4 rings (SSSR count). The van der Waals surface area contributed by atoms with Gasteiger partial charge in [-0.05, 0) is 61.1 Å². The van der Waals surface area contributed by atoms with Gasteiger partial charge >= 0.3 is 0 Å². The molecule has 0 spiro atoms. The van der Waals surface area contributed by atoms with Gasteiger partial charge in [0.15, 0.2) is 11.5 Å². The van der Waals surface area contributed by atoms with Gasteiger partial charge in [0, 0.05) is 22.7 Å². The van der Waals surface area contributed by atoms with Crippen LogP contribution in [0.4, 0.5) is 0 Å². The highest BCUT2D eigenvalue weighted by molar-refractivity contribution is 6.31. The van der Waals surface area contributed by atoms with Crippen LogP contribution in [0.25, 0.3) is 11.3 Å². The molecule has 8 heteroatoms. The molecule has 1 aliphatic rings. The van der Waals surface area contributed by atoms with E-state index >= 15 is 0 Å². The quantitative estimate of drug-likeness (QED) is 0.265. The number of carbonyl (C=O) groups excluding carboxylic acids is 1. The summed E-state index contributed by atoms with van der Waals surface area (Å²) in [7, 11) is 1.62. The molecule has 1 aliphatic heterocycles. The molecule has 0 aliphatic carbocycles. The van der Waals surface area contributed by atoms with E-state index in [-0.39, 0.29) is 11.7 Å². The molecule has 0 saturated heterocycles. The van der Waals surface area contributed by atoms with Gasteiger partial charge in [-0.2, -0.15) is 5.10 Å². The second kappa shape index (κ2) is 11.5. The van der Waals surface area contributed by atoms with Crippen LogP contribution in [0, 0.1) is 12.8 Å². The molecule has 2 N–H and O–H groups in total. The number of hydrogen-bond donors (Lipinski definition) is 2. The molecular formula is C29H36ClN3O4. The maximum Gasteiger partial charge on any atom is 0.273 e. The van der Waals surface area contributed by atoms with Crippen molar-refractivity contribution in [2.45, 2.75) is 59.4 Å². The van der Waals surface area contributed by atoms with Crippen LogP contribution in [0.1, 0.15) is 79.7 Å². The fourth-order valence-corrected chi connectivity index (χ4v) is 4.91. The van der Waals surface area contributed by atoms with Gasteiger partial charge in [-0.25, -0.2) is 0 Å². The first-order chi connectivity index (χ1) is 17.8. The molecule has 3 aromatic rings. The lowest BCUT2D eigenvalue weighted by Gasteiger charge is -2.27. The average molecular weight is 526 g/mol. The molecule has 198 valence electrons. The summed E-state index contributed by atoms with van der Waals surface area (Å²) >= 11 is 6.41. The van der Waals surface area contributed by atoms with Gasteiger partial charge in [-0.1, -0.05) is 51.3 Å². The molecule has 1 amide bonds. The van der Waals surface area contributed by atoms with Gasteiger partial charge in [0.2, 0.25) is 0 Å². The maximum atomic E-state index is 13.6. The summed E-state index contributed by atoms with van der Waals surface area (Å²) < 4.78 is 11.7. The number of nitrogens with one attached hydrogen (secondary N) is 1. The summed E-state index contributed by atoms with van der Waals surface area (Å²) in [6, 6.07) is 8.74. The van der Waals surface area contributed by atoms with Gasteiger partial charge in [-0.15, -0.1) is 0 Å². The predicted molar refractivity (Wildman–Crippen MR) is 146 cm³/mol. The zero-order valence-electron chi connectivity index (χ0n) is 22.2. The van der Waals surface area contributed by atoms with Crippen molar-refractivity contribution >= 4 is 17.5 Å². The summed E-state index contributed by atoms with van der Waals surface area (Å²) in [5, 5.41) is 18.7. The van der Waals surface area contributed by atoms with Crippen molar-refractivity contribution in [1.29, 1.82) is 0 Å². The number of aromatic hydroxyl groups is 1. The summed E-state index contributed by atoms with van der Waals surface area (Å²) in [6.07, 6.45) is 3.91. The number of phenols is 1. The van der Waals surface area contributed by atoms with Crippen LogP contribution in [0.3, 0.4) is 0 Å². The number of aromatic nitrogens is 2. The minimum Gasteiger partial charge on any atom is -0.507 e. The Morgan fingerprint density at radius 3 is 2.68 bits per heavy atom. The number of hydrogen-bond acceptors (Lipinski definition) is 5. The smallest absolute Gasteiger partial charge is 0.273 e. The van der Waals surface area contributed by atoms with Crippen LogP contribution in [0.2, 0.25) is 5.02 Å². The number of aryl methyl sites for hydroxylation is 1. The van der Waals surface area contributed by atoms with Crippen LogP contribution < -0.4 is 9.47 Å². The fraction of sp³-hybridized carbons (Fsp3) is 0.448. The van der Waals surface area contributed by atoms with Gasteiger partial charge in [-0.3, -0.25) is 9.89 Å². The van der Waals surface area contributed by atoms with Crippen LogP contribution in [-0.2, 0) is 0 Å². The largest absolute Gasteiger partial charge is 0.507 e. The minimum atomic E-state index is -0.397. The Hall–Kier alpha value is -3.19. The third-order valence-corrected chi connectivity index (χ3v) is 7.26. The van der Waals surface area contributed by atoms with Crippen molar-refractivity contribution < 1.29 is 19.4 Å². The number of carbonyl (C=O) groups is 1. The van der Waals surface area contributed by atoms with Gasteiger partial charge in [0.25, 0.3) is 5.91 Å². The number of nitrogens with zero attached hydrogens (tertiary/aromatic N) is 2. The van der Waals surface area contributed by atoms with Crippen LogP contribution in [0.15, 0.2) is 30.3 Å². The Balaban J connectivity index is 1.79. The Labute approximate surface area is 223 Å². The van der Waals surface area contributed by atoms with Gasteiger partial charge in [0.1, 0.15) is 17.1 Å². The molecule has 7 nitrogen and oxygen atoms in total. The first kappa shape index (κ1) is 26.9. The number of benzene rings is 2. The highest BCUT2D eigenvalue weighted by atomic mass is 35.5. The van der Waals surface area contributed by atoms with E-state index in [9.17, 15) is 9.90 Å². The Kier molecular flexibility index (Phi) is 8.32. The number of phenolic OH excluding ortho intramolecular Hbond substituents is 1. The molecular weight excluding hydrogens is 490 g/mol. The van der Waals surface area contributed by atoms with Crippen LogP contribution >= 0.6 is 11.6 Å². The number of rotatable bonds is 11. The number of aromatic amines is 1. The molecule has 1 unspecified atom stereocenters. The number of amides is 1. The summed E-state index contributed by atoms with van der Waals surface area (Å²) in [4.78, 5) is 15.4. The molecule has 0 bridgehead atoms. The summed E-state index contributed by atoms with van der Waals surface area (Å²) in [5.41, 5.74) is 3.82. The van der Waals surface area contributed by atoms with E-state index in [1.807, 2.05) is 30.0 Å². The minimum absolute atomic E-state index is 0.0679. The van der Waals surface area contributed by atoms with Crippen LogP contribution in [0.5, 0.6) is 17.2 Å². The monoisotopic (exact) mass is 525 g/mol. The van der Waals surface area contributed by atoms with Gasteiger partial charge < -0.3 is 19.5 Å². The molecule has 0 saturated carbocycles. The van der Waals surface area contributed by atoms with E-state index in [0.717, 1.165) is 42.4 Å². The molecule has 0 fully saturated rings. The molecule has 1 aromatic heterocycles. The molecule has 2 heterocycles. The Bertz CT molecular complexity index is 1270. The Morgan fingerprint density at radius 1 is 1.19 bits per heavy atom. The number of H-pyrrole nitrogens is 1. The lowest BCUT2D eigenvalue weighted by atomic mass is 9.95. The number of ether oxygens (including phenoxy) is 2. The van der Waals surface area contributed by atoms with E-state index in [4.69, 9.17) is 21.1 Å². The normalized spacial score (nSPS) is 14.9. The number of fused-ring (bicyclic) bond motifs is 1. The first-order valence-electron chi connectivity index (χ1n) is 13.0. The van der Waals surface area contributed by atoms with Crippen molar-refractivity contribution in [2.24, 2.45) is 5.92 Å². The number of halogens is 1.